The number of rotatable bonds is 6. The number of hydrogen-bond acceptors (Lipinski definition) is 4. The highest BCUT2D eigenvalue weighted by molar-refractivity contribution is 6.06. The van der Waals surface area contributed by atoms with Gasteiger partial charge in [-0.25, -0.2) is 15.0 Å². The maximum absolute atomic E-state index is 6.26. The Kier molecular flexibility index (Phi) is 7.10. The summed E-state index contributed by atoms with van der Waals surface area (Å²) in [4.78, 5) is 15.3. The fraction of sp³-hybridized carbons (Fsp3) is 0. The third kappa shape index (κ3) is 5.45. The summed E-state index contributed by atoms with van der Waals surface area (Å²) in [6, 6.07) is 60.4. The second-order valence-corrected chi connectivity index (χ2v) is 12.1. The zero-order valence-electron chi connectivity index (χ0n) is 26.5. The van der Waals surface area contributed by atoms with Crippen LogP contribution in [0.4, 0.5) is 0 Å². The molecule has 0 aliphatic rings. The molecule has 7 aromatic carbocycles. The normalized spacial score (nSPS) is 11.3. The van der Waals surface area contributed by atoms with E-state index in [1.807, 2.05) is 36.4 Å². The summed E-state index contributed by atoms with van der Waals surface area (Å²) in [5, 5.41) is 2.21. The molecule has 0 saturated heterocycles. The van der Waals surface area contributed by atoms with Crippen molar-refractivity contribution in [1.82, 2.24) is 15.0 Å². The van der Waals surface area contributed by atoms with Gasteiger partial charge in [0.25, 0.3) is 0 Å². The number of fused-ring (bicyclic) bond motifs is 3. The number of aromatic nitrogens is 3. The van der Waals surface area contributed by atoms with E-state index in [4.69, 9.17) is 19.4 Å². The first-order valence-electron chi connectivity index (χ1n) is 16.4. The Balaban J connectivity index is 1.20. The zero-order chi connectivity index (χ0) is 32.6. The van der Waals surface area contributed by atoms with E-state index in [2.05, 4.69) is 140 Å². The van der Waals surface area contributed by atoms with Gasteiger partial charge in [-0.1, -0.05) is 152 Å². The maximum Gasteiger partial charge on any atom is 0.164 e. The van der Waals surface area contributed by atoms with Crippen LogP contribution in [-0.2, 0) is 0 Å². The van der Waals surface area contributed by atoms with Gasteiger partial charge in [0, 0.05) is 27.5 Å². The molecule has 2 heterocycles. The summed E-state index contributed by atoms with van der Waals surface area (Å²) < 4.78 is 6.26. The summed E-state index contributed by atoms with van der Waals surface area (Å²) in [5.74, 6) is 1.84. The Morgan fingerprint density at radius 3 is 1.57 bits per heavy atom. The number of hydrogen-bond donors (Lipinski definition) is 0. The van der Waals surface area contributed by atoms with Crippen LogP contribution in [-0.4, -0.2) is 15.0 Å². The van der Waals surface area contributed by atoms with Crippen LogP contribution in [0.1, 0.15) is 0 Å². The summed E-state index contributed by atoms with van der Waals surface area (Å²) in [6.45, 7) is 0. The van der Waals surface area contributed by atoms with Gasteiger partial charge < -0.3 is 4.42 Å². The van der Waals surface area contributed by atoms with E-state index in [9.17, 15) is 0 Å². The van der Waals surface area contributed by atoms with Crippen LogP contribution in [0.3, 0.4) is 0 Å². The van der Waals surface area contributed by atoms with Gasteiger partial charge in [0.2, 0.25) is 0 Å². The molecule has 9 aromatic rings. The second kappa shape index (κ2) is 12.2. The molecule has 49 heavy (non-hydrogen) atoms. The summed E-state index contributed by atoms with van der Waals surface area (Å²) >= 11 is 0. The first-order chi connectivity index (χ1) is 24.3. The van der Waals surface area contributed by atoms with Crippen molar-refractivity contribution < 1.29 is 4.42 Å². The monoisotopic (exact) mass is 627 g/mol. The lowest BCUT2D eigenvalue weighted by Gasteiger charge is -2.13. The van der Waals surface area contributed by atoms with Gasteiger partial charge in [-0.05, 0) is 57.6 Å². The van der Waals surface area contributed by atoms with Gasteiger partial charge in [0.15, 0.2) is 17.5 Å². The Labute approximate surface area is 284 Å². The first kappa shape index (κ1) is 28.6. The molecule has 4 heteroatoms. The molecular formula is C45H29N3O. The van der Waals surface area contributed by atoms with E-state index in [1.54, 1.807) is 0 Å². The topological polar surface area (TPSA) is 51.8 Å². The van der Waals surface area contributed by atoms with Crippen LogP contribution < -0.4 is 0 Å². The van der Waals surface area contributed by atoms with Crippen molar-refractivity contribution in [2.24, 2.45) is 0 Å². The molecule has 0 unspecified atom stereocenters. The SMILES string of the molecule is c1ccc(-c2ccc(-c3nc(-c4cccc(-c5ccccc5)c4)nc(-c4ccccc4-c4ccc5c(c4)oc4ccccc45)n3)cc2)cc1. The Morgan fingerprint density at radius 1 is 0.286 bits per heavy atom. The van der Waals surface area contributed by atoms with Crippen molar-refractivity contribution in [3.63, 3.8) is 0 Å². The molecule has 0 radical (unpaired) electrons. The van der Waals surface area contributed by atoms with Crippen LogP contribution in [0, 0.1) is 0 Å². The fourth-order valence-electron chi connectivity index (χ4n) is 6.49. The minimum Gasteiger partial charge on any atom is -0.456 e. The quantitative estimate of drug-likeness (QED) is 0.184. The summed E-state index contributed by atoms with van der Waals surface area (Å²) in [6.07, 6.45) is 0. The molecule has 230 valence electrons. The summed E-state index contributed by atoms with van der Waals surface area (Å²) in [5.41, 5.74) is 11.1. The van der Waals surface area contributed by atoms with Crippen molar-refractivity contribution in [2.45, 2.75) is 0 Å². The molecule has 0 bridgehead atoms. The fourth-order valence-corrected chi connectivity index (χ4v) is 6.49. The molecular weight excluding hydrogens is 599 g/mol. The highest BCUT2D eigenvalue weighted by atomic mass is 16.3. The van der Waals surface area contributed by atoms with Gasteiger partial charge >= 0.3 is 0 Å². The zero-order valence-corrected chi connectivity index (χ0v) is 26.5. The molecule has 9 rings (SSSR count). The van der Waals surface area contributed by atoms with Gasteiger partial charge in [-0.2, -0.15) is 0 Å². The minimum atomic E-state index is 0.609. The van der Waals surface area contributed by atoms with E-state index in [0.29, 0.717) is 17.5 Å². The van der Waals surface area contributed by atoms with Crippen LogP contribution in [0.15, 0.2) is 180 Å². The van der Waals surface area contributed by atoms with Gasteiger partial charge in [0.05, 0.1) is 0 Å². The van der Waals surface area contributed by atoms with Crippen molar-refractivity contribution in [2.75, 3.05) is 0 Å². The Bertz CT molecular complexity index is 2590. The molecule has 0 amide bonds. The standard InChI is InChI=1S/C45H29N3O/c1-3-12-30(13-4-1)32-22-24-33(25-23-32)43-46-44(36-17-11-16-34(28-36)31-14-5-2-6-15-31)48-45(47-43)40-20-8-7-18-37(40)35-26-27-39-38-19-9-10-21-41(38)49-42(39)29-35/h1-29H. The van der Waals surface area contributed by atoms with Crippen LogP contribution in [0.5, 0.6) is 0 Å². The molecule has 0 atom stereocenters. The lowest BCUT2D eigenvalue weighted by atomic mass is 9.97. The van der Waals surface area contributed by atoms with E-state index in [1.165, 1.54) is 5.56 Å². The van der Waals surface area contributed by atoms with Gasteiger partial charge in [-0.3, -0.25) is 0 Å². The van der Waals surface area contributed by atoms with Crippen molar-refractivity contribution in [3.05, 3.63) is 176 Å². The predicted molar refractivity (Wildman–Crippen MR) is 200 cm³/mol. The van der Waals surface area contributed by atoms with Crippen molar-refractivity contribution in [3.8, 4) is 67.5 Å². The largest absolute Gasteiger partial charge is 0.456 e. The average molecular weight is 628 g/mol. The molecule has 0 spiro atoms. The number of furan rings is 1. The third-order valence-corrected chi connectivity index (χ3v) is 8.97. The molecule has 0 N–H and O–H groups in total. The number of nitrogens with zero attached hydrogens (tertiary/aromatic N) is 3. The van der Waals surface area contributed by atoms with Crippen LogP contribution in [0.25, 0.3) is 89.5 Å². The summed E-state index contributed by atoms with van der Waals surface area (Å²) in [7, 11) is 0. The number of benzene rings is 7. The minimum absolute atomic E-state index is 0.609. The molecule has 0 saturated carbocycles. The number of para-hydroxylation sites is 1. The lowest BCUT2D eigenvalue weighted by molar-refractivity contribution is 0.669. The third-order valence-electron chi connectivity index (χ3n) is 8.97. The Hall–Kier alpha value is -6.65. The first-order valence-corrected chi connectivity index (χ1v) is 16.4. The molecule has 4 nitrogen and oxygen atoms in total. The molecule has 0 fully saturated rings. The maximum atomic E-state index is 6.26. The van der Waals surface area contributed by atoms with Crippen molar-refractivity contribution >= 4 is 21.9 Å². The highest BCUT2D eigenvalue weighted by Gasteiger charge is 2.17. The van der Waals surface area contributed by atoms with Gasteiger partial charge in [-0.15, -0.1) is 0 Å². The van der Waals surface area contributed by atoms with E-state index >= 15 is 0 Å². The molecule has 0 aliphatic carbocycles. The Morgan fingerprint density at radius 2 is 0.796 bits per heavy atom. The second-order valence-electron chi connectivity index (χ2n) is 12.1. The highest BCUT2D eigenvalue weighted by Crippen LogP contribution is 2.37. The smallest absolute Gasteiger partial charge is 0.164 e. The van der Waals surface area contributed by atoms with Crippen molar-refractivity contribution in [1.29, 1.82) is 0 Å². The van der Waals surface area contributed by atoms with E-state index in [0.717, 1.165) is 66.4 Å². The average Bonchev–Trinajstić information content (AvgIpc) is 3.56. The van der Waals surface area contributed by atoms with Gasteiger partial charge in [0.1, 0.15) is 11.2 Å². The van der Waals surface area contributed by atoms with Crippen LogP contribution in [0.2, 0.25) is 0 Å². The van der Waals surface area contributed by atoms with Crippen LogP contribution >= 0.6 is 0 Å². The lowest BCUT2D eigenvalue weighted by Crippen LogP contribution is -2.01. The predicted octanol–water partition coefficient (Wildman–Crippen LogP) is 11.8. The van der Waals surface area contributed by atoms with E-state index in [-0.39, 0.29) is 0 Å². The molecule has 2 aromatic heterocycles. The molecule has 0 aliphatic heterocycles. The van der Waals surface area contributed by atoms with E-state index < -0.39 is 0 Å².